The zero-order chi connectivity index (χ0) is 20.3. The third kappa shape index (κ3) is 3.65. The number of aryl methyl sites for hydroxylation is 1. The molecule has 0 aliphatic rings. The molecule has 0 unspecified atom stereocenters. The molecule has 0 saturated carbocycles. The summed E-state index contributed by atoms with van der Waals surface area (Å²) in [5, 5.41) is 0.495. The first-order valence-corrected chi connectivity index (χ1v) is 9.75. The van der Waals surface area contributed by atoms with E-state index in [1.165, 1.54) is 5.56 Å². The van der Waals surface area contributed by atoms with E-state index in [-0.39, 0.29) is 5.56 Å². The first-order chi connectivity index (χ1) is 14.8. The number of aromatic amines is 1. The molecule has 0 bridgehead atoms. The van der Waals surface area contributed by atoms with Crippen molar-refractivity contribution in [1.82, 2.24) is 24.3 Å². The second-order valence-electron chi connectivity index (χ2n) is 7.02. The average Bonchev–Trinajstić information content (AvgIpc) is 3.25. The number of nitrogens with one attached hydrogen (secondary N) is 1. The van der Waals surface area contributed by atoms with E-state index < -0.39 is 0 Å². The van der Waals surface area contributed by atoms with E-state index in [9.17, 15) is 4.79 Å². The summed E-state index contributed by atoms with van der Waals surface area (Å²) in [6.45, 7) is 0.568. The molecule has 5 rings (SSSR count). The number of pyridine rings is 1. The molecular formula is C23H19N5O2. The summed E-state index contributed by atoms with van der Waals surface area (Å²) >= 11 is 0. The van der Waals surface area contributed by atoms with Crippen molar-refractivity contribution in [2.45, 2.75) is 12.8 Å². The Bertz CT molecular complexity index is 1380. The highest BCUT2D eigenvalue weighted by Gasteiger charge is 2.09. The SMILES string of the molecule is O=c1[nH]c(-c2cc3cccn3cn2)nc2ccc(OCCCc3ccncc3)cc12. The molecule has 0 amide bonds. The van der Waals surface area contributed by atoms with Crippen LogP contribution in [0, 0.1) is 0 Å². The molecule has 30 heavy (non-hydrogen) atoms. The number of aromatic nitrogens is 5. The van der Waals surface area contributed by atoms with Crippen LogP contribution in [0.25, 0.3) is 27.9 Å². The van der Waals surface area contributed by atoms with Gasteiger partial charge in [-0.25, -0.2) is 9.97 Å². The van der Waals surface area contributed by atoms with Crippen LogP contribution in [-0.4, -0.2) is 30.9 Å². The summed E-state index contributed by atoms with van der Waals surface area (Å²) < 4.78 is 7.74. The fourth-order valence-corrected chi connectivity index (χ4v) is 3.41. The molecule has 7 nitrogen and oxygen atoms in total. The Kier molecular flexibility index (Phi) is 4.69. The van der Waals surface area contributed by atoms with Gasteiger partial charge in [-0.1, -0.05) is 0 Å². The summed E-state index contributed by atoms with van der Waals surface area (Å²) in [7, 11) is 0. The average molecular weight is 397 g/mol. The number of rotatable bonds is 6. The molecule has 4 aromatic heterocycles. The maximum Gasteiger partial charge on any atom is 0.259 e. The Labute approximate surface area is 172 Å². The van der Waals surface area contributed by atoms with Crippen LogP contribution >= 0.6 is 0 Å². The van der Waals surface area contributed by atoms with Crippen LogP contribution in [0.4, 0.5) is 0 Å². The molecule has 0 saturated heterocycles. The number of ether oxygens (including phenoxy) is 1. The fraction of sp³-hybridized carbons (Fsp3) is 0.130. The minimum atomic E-state index is -0.214. The largest absolute Gasteiger partial charge is 0.494 e. The molecule has 1 N–H and O–H groups in total. The first-order valence-electron chi connectivity index (χ1n) is 9.75. The van der Waals surface area contributed by atoms with Crippen LogP contribution in [-0.2, 0) is 6.42 Å². The molecule has 0 radical (unpaired) electrons. The highest BCUT2D eigenvalue weighted by atomic mass is 16.5. The van der Waals surface area contributed by atoms with Crippen molar-refractivity contribution in [2.24, 2.45) is 0 Å². The van der Waals surface area contributed by atoms with Crippen LogP contribution in [0.2, 0.25) is 0 Å². The molecule has 7 heteroatoms. The molecule has 4 heterocycles. The Morgan fingerprint density at radius 2 is 1.97 bits per heavy atom. The summed E-state index contributed by atoms with van der Waals surface area (Å²) in [6.07, 6.45) is 9.00. The second kappa shape index (κ2) is 7.79. The number of hydrogen-bond acceptors (Lipinski definition) is 5. The predicted octanol–water partition coefficient (Wildman–Crippen LogP) is 3.64. The number of nitrogens with zero attached hydrogens (tertiary/aromatic N) is 4. The minimum absolute atomic E-state index is 0.214. The maximum absolute atomic E-state index is 12.7. The van der Waals surface area contributed by atoms with Crippen molar-refractivity contribution in [3.05, 3.63) is 89.4 Å². The van der Waals surface area contributed by atoms with Crippen molar-refractivity contribution >= 4 is 16.4 Å². The van der Waals surface area contributed by atoms with Gasteiger partial charge in [0.05, 0.1) is 23.8 Å². The van der Waals surface area contributed by atoms with Crippen LogP contribution in [0.1, 0.15) is 12.0 Å². The number of fused-ring (bicyclic) bond motifs is 2. The Morgan fingerprint density at radius 1 is 1.07 bits per heavy atom. The lowest BCUT2D eigenvalue weighted by molar-refractivity contribution is 0.311. The molecule has 1 aromatic carbocycles. The summed E-state index contributed by atoms with van der Waals surface area (Å²) in [5.74, 6) is 1.10. The van der Waals surface area contributed by atoms with E-state index in [0.29, 0.717) is 34.8 Å². The van der Waals surface area contributed by atoms with E-state index in [4.69, 9.17) is 4.74 Å². The van der Waals surface area contributed by atoms with Gasteiger partial charge in [-0.05, 0) is 66.9 Å². The second-order valence-corrected chi connectivity index (χ2v) is 7.02. The van der Waals surface area contributed by atoms with E-state index in [1.807, 2.05) is 53.1 Å². The lowest BCUT2D eigenvalue weighted by Gasteiger charge is -2.08. The lowest BCUT2D eigenvalue weighted by atomic mass is 10.1. The highest BCUT2D eigenvalue weighted by molar-refractivity contribution is 5.80. The normalized spacial score (nSPS) is 11.2. The number of hydrogen-bond donors (Lipinski definition) is 1. The molecule has 0 aliphatic heterocycles. The zero-order valence-electron chi connectivity index (χ0n) is 16.2. The van der Waals surface area contributed by atoms with Crippen molar-refractivity contribution in [1.29, 1.82) is 0 Å². The Balaban J connectivity index is 1.34. The van der Waals surface area contributed by atoms with Crippen LogP contribution in [0.5, 0.6) is 5.75 Å². The summed E-state index contributed by atoms with van der Waals surface area (Å²) in [4.78, 5) is 28.5. The molecule has 0 spiro atoms. The standard InChI is InChI=1S/C23H19N5O2/c29-23-19-14-18(30-12-2-3-16-7-9-24-10-8-16)5-6-20(19)26-22(27-23)21-13-17-4-1-11-28(17)15-25-21/h1,4-11,13-15H,2-3,12H2,(H,26,27,29). The van der Waals surface area contributed by atoms with Crippen LogP contribution in [0.3, 0.4) is 0 Å². The topological polar surface area (TPSA) is 85.2 Å². The summed E-state index contributed by atoms with van der Waals surface area (Å²) in [5.41, 5.74) is 3.23. The van der Waals surface area contributed by atoms with Crippen LogP contribution in [0.15, 0.2) is 78.2 Å². The molecule has 0 aliphatic carbocycles. The van der Waals surface area contributed by atoms with Crippen LogP contribution < -0.4 is 10.3 Å². The fourth-order valence-electron chi connectivity index (χ4n) is 3.41. The van der Waals surface area contributed by atoms with Gasteiger partial charge in [0.2, 0.25) is 0 Å². The van der Waals surface area contributed by atoms with Gasteiger partial charge in [0.25, 0.3) is 5.56 Å². The number of H-pyrrole nitrogens is 1. The first kappa shape index (κ1) is 18.1. The highest BCUT2D eigenvalue weighted by Crippen LogP contribution is 2.20. The van der Waals surface area contributed by atoms with Gasteiger partial charge in [-0.2, -0.15) is 0 Å². The van der Waals surface area contributed by atoms with Gasteiger partial charge in [0.15, 0.2) is 5.82 Å². The third-order valence-corrected chi connectivity index (χ3v) is 4.96. The van der Waals surface area contributed by atoms with Gasteiger partial charge >= 0.3 is 0 Å². The van der Waals surface area contributed by atoms with Gasteiger partial charge in [0.1, 0.15) is 11.4 Å². The monoisotopic (exact) mass is 397 g/mol. The van der Waals surface area contributed by atoms with Crippen molar-refractivity contribution < 1.29 is 4.74 Å². The van der Waals surface area contributed by atoms with Gasteiger partial charge in [-0.15, -0.1) is 0 Å². The molecule has 5 aromatic rings. The third-order valence-electron chi connectivity index (χ3n) is 4.96. The van der Waals surface area contributed by atoms with E-state index in [2.05, 4.69) is 19.9 Å². The quantitative estimate of drug-likeness (QED) is 0.442. The molecule has 0 atom stereocenters. The number of benzene rings is 1. The lowest BCUT2D eigenvalue weighted by Crippen LogP contribution is -2.10. The van der Waals surface area contributed by atoms with E-state index >= 15 is 0 Å². The van der Waals surface area contributed by atoms with Gasteiger partial charge in [0, 0.05) is 24.1 Å². The Hall–Kier alpha value is -4.00. The maximum atomic E-state index is 12.7. The van der Waals surface area contributed by atoms with Crippen molar-refractivity contribution in [3.8, 4) is 17.3 Å². The minimum Gasteiger partial charge on any atom is -0.494 e. The van der Waals surface area contributed by atoms with Crippen molar-refractivity contribution in [3.63, 3.8) is 0 Å². The molecule has 0 fully saturated rings. The smallest absolute Gasteiger partial charge is 0.259 e. The van der Waals surface area contributed by atoms with Gasteiger partial charge < -0.3 is 14.1 Å². The van der Waals surface area contributed by atoms with Gasteiger partial charge in [-0.3, -0.25) is 9.78 Å². The molecule has 148 valence electrons. The van der Waals surface area contributed by atoms with Crippen molar-refractivity contribution in [2.75, 3.05) is 6.61 Å². The zero-order valence-corrected chi connectivity index (χ0v) is 16.2. The van der Waals surface area contributed by atoms with E-state index in [1.54, 1.807) is 24.8 Å². The summed E-state index contributed by atoms with van der Waals surface area (Å²) in [6, 6.07) is 15.2. The van der Waals surface area contributed by atoms with E-state index in [0.717, 1.165) is 18.4 Å². The Morgan fingerprint density at radius 3 is 2.87 bits per heavy atom. The molecular weight excluding hydrogens is 378 g/mol. The predicted molar refractivity (Wildman–Crippen MR) is 115 cm³/mol.